The first-order valence-electron chi connectivity index (χ1n) is 6.02. The van der Waals surface area contributed by atoms with Crippen molar-refractivity contribution in [2.24, 2.45) is 0 Å². The third-order valence-corrected chi connectivity index (χ3v) is 3.14. The minimum Gasteiger partial charge on any atom is -0.379 e. The quantitative estimate of drug-likeness (QED) is 0.858. The number of pyridine rings is 1. The SMILES string of the molecule is Cc1cc(NC2CCOC2)c2ncccc2c1. The molecule has 3 rings (SSSR count). The molecule has 88 valence electrons. The van der Waals surface area contributed by atoms with Crippen LogP contribution < -0.4 is 5.32 Å². The van der Waals surface area contributed by atoms with Gasteiger partial charge in [0.25, 0.3) is 0 Å². The molecule has 1 N–H and O–H groups in total. The van der Waals surface area contributed by atoms with Crippen molar-refractivity contribution in [1.29, 1.82) is 0 Å². The second-order valence-electron chi connectivity index (χ2n) is 4.59. The average Bonchev–Trinajstić information content (AvgIpc) is 2.81. The minimum atomic E-state index is 0.419. The van der Waals surface area contributed by atoms with Crippen molar-refractivity contribution < 1.29 is 4.74 Å². The van der Waals surface area contributed by atoms with Crippen LogP contribution in [0.2, 0.25) is 0 Å². The maximum Gasteiger partial charge on any atom is 0.0933 e. The van der Waals surface area contributed by atoms with Gasteiger partial charge in [-0.15, -0.1) is 0 Å². The zero-order valence-corrected chi connectivity index (χ0v) is 9.94. The number of hydrogen-bond acceptors (Lipinski definition) is 3. The van der Waals surface area contributed by atoms with Crippen LogP contribution in [0.5, 0.6) is 0 Å². The number of benzene rings is 1. The van der Waals surface area contributed by atoms with Crippen molar-refractivity contribution in [3.05, 3.63) is 36.0 Å². The van der Waals surface area contributed by atoms with Crippen molar-refractivity contribution in [2.75, 3.05) is 18.5 Å². The van der Waals surface area contributed by atoms with Gasteiger partial charge in [-0.05, 0) is 37.1 Å². The smallest absolute Gasteiger partial charge is 0.0933 e. The monoisotopic (exact) mass is 228 g/mol. The highest BCUT2D eigenvalue weighted by Gasteiger charge is 2.16. The van der Waals surface area contributed by atoms with Gasteiger partial charge in [0.1, 0.15) is 0 Å². The Balaban J connectivity index is 2.01. The summed E-state index contributed by atoms with van der Waals surface area (Å²) in [6.07, 6.45) is 2.91. The predicted octanol–water partition coefficient (Wildman–Crippen LogP) is 2.74. The molecule has 3 nitrogen and oxygen atoms in total. The molecule has 0 bridgehead atoms. The lowest BCUT2D eigenvalue weighted by Gasteiger charge is -2.14. The van der Waals surface area contributed by atoms with Gasteiger partial charge in [-0.3, -0.25) is 4.98 Å². The second-order valence-corrected chi connectivity index (χ2v) is 4.59. The number of nitrogens with zero attached hydrogens (tertiary/aromatic N) is 1. The van der Waals surface area contributed by atoms with Gasteiger partial charge < -0.3 is 10.1 Å². The Hall–Kier alpha value is -1.61. The van der Waals surface area contributed by atoms with E-state index in [1.165, 1.54) is 10.9 Å². The summed E-state index contributed by atoms with van der Waals surface area (Å²) in [6, 6.07) is 8.82. The molecule has 1 atom stereocenters. The third kappa shape index (κ3) is 2.11. The molecule has 0 amide bonds. The largest absolute Gasteiger partial charge is 0.379 e. The lowest BCUT2D eigenvalue weighted by Crippen LogP contribution is -2.19. The summed E-state index contributed by atoms with van der Waals surface area (Å²) < 4.78 is 5.39. The number of ether oxygens (including phenoxy) is 1. The van der Waals surface area contributed by atoms with Gasteiger partial charge in [0.05, 0.1) is 23.9 Å². The molecule has 2 aromatic rings. The Bertz CT molecular complexity index is 533. The molecule has 3 heteroatoms. The lowest BCUT2D eigenvalue weighted by atomic mass is 10.1. The Kier molecular flexibility index (Phi) is 2.69. The number of aromatic nitrogens is 1. The number of rotatable bonds is 2. The summed E-state index contributed by atoms with van der Waals surface area (Å²) in [5.41, 5.74) is 3.42. The highest BCUT2D eigenvalue weighted by atomic mass is 16.5. The van der Waals surface area contributed by atoms with Crippen molar-refractivity contribution in [3.63, 3.8) is 0 Å². The van der Waals surface area contributed by atoms with Crippen molar-refractivity contribution >= 4 is 16.6 Å². The number of aryl methyl sites for hydroxylation is 1. The fourth-order valence-corrected chi connectivity index (χ4v) is 2.32. The van der Waals surface area contributed by atoms with Crippen molar-refractivity contribution in [1.82, 2.24) is 4.98 Å². The van der Waals surface area contributed by atoms with Gasteiger partial charge >= 0.3 is 0 Å². The first kappa shape index (κ1) is 10.5. The zero-order chi connectivity index (χ0) is 11.7. The Morgan fingerprint density at radius 3 is 3.18 bits per heavy atom. The molecule has 1 aromatic carbocycles. The molecule has 0 radical (unpaired) electrons. The third-order valence-electron chi connectivity index (χ3n) is 3.14. The molecule has 1 unspecified atom stereocenters. The predicted molar refractivity (Wildman–Crippen MR) is 69.3 cm³/mol. The Morgan fingerprint density at radius 1 is 1.41 bits per heavy atom. The molecular formula is C14H16N2O. The first-order chi connectivity index (χ1) is 8.33. The average molecular weight is 228 g/mol. The van der Waals surface area contributed by atoms with Crippen molar-refractivity contribution in [2.45, 2.75) is 19.4 Å². The van der Waals surface area contributed by atoms with Crippen LogP contribution in [0.25, 0.3) is 10.9 Å². The molecule has 0 saturated carbocycles. The minimum absolute atomic E-state index is 0.419. The molecule has 2 heterocycles. The van der Waals surface area contributed by atoms with E-state index in [4.69, 9.17) is 4.74 Å². The molecule has 1 fully saturated rings. The van der Waals surface area contributed by atoms with E-state index in [1.54, 1.807) is 0 Å². The van der Waals surface area contributed by atoms with E-state index in [-0.39, 0.29) is 0 Å². The lowest BCUT2D eigenvalue weighted by molar-refractivity contribution is 0.195. The summed E-state index contributed by atoms with van der Waals surface area (Å²) >= 11 is 0. The van der Waals surface area contributed by atoms with Crippen molar-refractivity contribution in [3.8, 4) is 0 Å². The van der Waals surface area contributed by atoms with Gasteiger partial charge in [-0.1, -0.05) is 6.07 Å². The van der Waals surface area contributed by atoms with Gasteiger partial charge in [0.2, 0.25) is 0 Å². The van der Waals surface area contributed by atoms with Crippen LogP contribution in [0.1, 0.15) is 12.0 Å². The molecule has 0 spiro atoms. The summed E-state index contributed by atoms with van der Waals surface area (Å²) in [5, 5.41) is 4.73. The maximum atomic E-state index is 5.39. The van der Waals surface area contributed by atoms with E-state index in [1.807, 2.05) is 12.3 Å². The van der Waals surface area contributed by atoms with Crippen LogP contribution in [-0.4, -0.2) is 24.2 Å². The Labute approximate surface area is 101 Å². The van der Waals surface area contributed by atoms with Crippen LogP contribution in [-0.2, 0) is 4.74 Å². The van der Waals surface area contributed by atoms with E-state index in [2.05, 4.69) is 35.4 Å². The van der Waals surface area contributed by atoms with E-state index in [0.29, 0.717) is 6.04 Å². The zero-order valence-electron chi connectivity index (χ0n) is 9.94. The summed E-state index contributed by atoms with van der Waals surface area (Å²) in [4.78, 5) is 4.46. The fraction of sp³-hybridized carbons (Fsp3) is 0.357. The van der Waals surface area contributed by atoms with Gasteiger partial charge in [0.15, 0.2) is 0 Å². The number of nitrogens with one attached hydrogen (secondary N) is 1. The van der Waals surface area contributed by atoms with Crippen LogP contribution in [0, 0.1) is 6.92 Å². The molecular weight excluding hydrogens is 212 g/mol. The number of anilines is 1. The highest BCUT2D eigenvalue weighted by molar-refractivity contribution is 5.91. The molecule has 17 heavy (non-hydrogen) atoms. The molecule has 1 aromatic heterocycles. The standard InChI is InChI=1S/C14H16N2O/c1-10-7-11-3-2-5-15-14(11)13(8-10)16-12-4-6-17-9-12/h2-3,5,7-8,12,16H,4,6,9H2,1H3. The summed E-state index contributed by atoms with van der Waals surface area (Å²) in [7, 11) is 0. The van der Waals surface area contributed by atoms with E-state index in [0.717, 1.165) is 30.8 Å². The molecule has 1 aliphatic rings. The Morgan fingerprint density at radius 2 is 2.35 bits per heavy atom. The topological polar surface area (TPSA) is 34.1 Å². The molecule has 1 saturated heterocycles. The summed E-state index contributed by atoms with van der Waals surface area (Å²) in [5.74, 6) is 0. The molecule has 1 aliphatic heterocycles. The summed E-state index contributed by atoms with van der Waals surface area (Å²) in [6.45, 7) is 3.76. The molecule has 0 aliphatic carbocycles. The number of fused-ring (bicyclic) bond motifs is 1. The van der Waals surface area contributed by atoms with Crippen LogP contribution in [0.15, 0.2) is 30.5 Å². The fourth-order valence-electron chi connectivity index (χ4n) is 2.32. The van der Waals surface area contributed by atoms with Crippen LogP contribution >= 0.6 is 0 Å². The normalized spacial score (nSPS) is 19.7. The second kappa shape index (κ2) is 4.34. The van der Waals surface area contributed by atoms with Gasteiger partial charge in [-0.2, -0.15) is 0 Å². The van der Waals surface area contributed by atoms with E-state index >= 15 is 0 Å². The van der Waals surface area contributed by atoms with Gasteiger partial charge in [-0.25, -0.2) is 0 Å². The highest BCUT2D eigenvalue weighted by Crippen LogP contribution is 2.25. The first-order valence-corrected chi connectivity index (χ1v) is 6.02. The maximum absolute atomic E-state index is 5.39. The van der Waals surface area contributed by atoms with Crippen LogP contribution in [0.3, 0.4) is 0 Å². The van der Waals surface area contributed by atoms with Gasteiger partial charge in [0, 0.05) is 18.2 Å². The van der Waals surface area contributed by atoms with Crippen LogP contribution in [0.4, 0.5) is 5.69 Å². The number of hydrogen-bond donors (Lipinski definition) is 1. The van der Waals surface area contributed by atoms with E-state index in [9.17, 15) is 0 Å². The van der Waals surface area contributed by atoms with E-state index < -0.39 is 0 Å².